The van der Waals surface area contributed by atoms with E-state index in [1.54, 1.807) is 16.2 Å². The molecular formula is C12H18N2O3S. The summed E-state index contributed by atoms with van der Waals surface area (Å²) in [6.07, 6.45) is 0. The number of thiophene rings is 1. The molecule has 0 aromatic carbocycles. The van der Waals surface area contributed by atoms with Crippen LogP contribution in [0.25, 0.3) is 0 Å². The standard InChI is InChI=1S/C12H18N2O3S/c1-4-14(8-10-6-5-7-18-10)12(17)13(3)9(2)11(15)16/h5-7,9H,4,8H2,1-3H3,(H,15,16). The van der Waals surface area contributed by atoms with Gasteiger partial charge in [-0.25, -0.2) is 9.59 Å². The maximum Gasteiger partial charge on any atom is 0.326 e. The molecule has 0 aliphatic rings. The average Bonchev–Trinajstić information content (AvgIpc) is 2.85. The van der Waals surface area contributed by atoms with Crippen LogP contribution in [0.3, 0.4) is 0 Å². The van der Waals surface area contributed by atoms with Crippen LogP contribution in [-0.4, -0.2) is 46.5 Å². The molecule has 1 unspecified atom stereocenters. The van der Waals surface area contributed by atoms with Crippen LogP contribution in [-0.2, 0) is 11.3 Å². The van der Waals surface area contributed by atoms with Gasteiger partial charge in [0, 0.05) is 18.5 Å². The van der Waals surface area contributed by atoms with Gasteiger partial charge in [-0.05, 0) is 25.3 Å². The topological polar surface area (TPSA) is 60.9 Å². The molecule has 100 valence electrons. The fourth-order valence-corrected chi connectivity index (χ4v) is 2.18. The molecule has 0 saturated carbocycles. The van der Waals surface area contributed by atoms with Gasteiger partial charge in [0.15, 0.2) is 0 Å². The Labute approximate surface area is 111 Å². The second-order valence-corrected chi connectivity index (χ2v) is 5.03. The molecule has 0 aliphatic heterocycles. The highest BCUT2D eigenvalue weighted by Gasteiger charge is 2.25. The molecule has 0 saturated heterocycles. The number of amides is 2. The van der Waals surface area contributed by atoms with E-state index in [1.165, 1.54) is 18.9 Å². The van der Waals surface area contributed by atoms with Crippen molar-refractivity contribution in [2.45, 2.75) is 26.4 Å². The van der Waals surface area contributed by atoms with Crippen molar-refractivity contribution >= 4 is 23.3 Å². The first kappa shape index (κ1) is 14.5. The summed E-state index contributed by atoms with van der Waals surface area (Å²) in [5, 5.41) is 10.9. The minimum atomic E-state index is -1.00. The quantitative estimate of drug-likeness (QED) is 0.891. The number of carbonyl (C=O) groups excluding carboxylic acids is 1. The highest BCUT2D eigenvalue weighted by molar-refractivity contribution is 7.09. The molecule has 0 fully saturated rings. The van der Waals surface area contributed by atoms with Crippen molar-refractivity contribution in [2.24, 2.45) is 0 Å². The second-order valence-electron chi connectivity index (χ2n) is 4.00. The highest BCUT2D eigenvalue weighted by atomic mass is 32.1. The first-order valence-corrected chi connectivity index (χ1v) is 6.62. The third-order valence-corrected chi connectivity index (χ3v) is 3.68. The van der Waals surface area contributed by atoms with Crippen LogP contribution in [0.15, 0.2) is 17.5 Å². The predicted molar refractivity (Wildman–Crippen MR) is 70.7 cm³/mol. The van der Waals surface area contributed by atoms with Crippen LogP contribution in [0, 0.1) is 0 Å². The molecule has 18 heavy (non-hydrogen) atoms. The number of urea groups is 1. The van der Waals surface area contributed by atoms with Crippen LogP contribution in [0.2, 0.25) is 0 Å². The Hall–Kier alpha value is -1.56. The number of likely N-dealkylation sites (N-methyl/N-ethyl adjacent to an activating group) is 1. The molecule has 0 bridgehead atoms. The lowest BCUT2D eigenvalue weighted by Crippen LogP contribution is -2.47. The molecule has 2 amide bonds. The maximum atomic E-state index is 12.1. The Bertz CT molecular complexity index is 405. The van der Waals surface area contributed by atoms with Crippen molar-refractivity contribution in [1.82, 2.24) is 9.80 Å². The van der Waals surface area contributed by atoms with Gasteiger partial charge in [-0.15, -0.1) is 11.3 Å². The number of hydrogen-bond acceptors (Lipinski definition) is 3. The number of carboxylic acids is 1. The molecule has 1 rings (SSSR count). The minimum Gasteiger partial charge on any atom is -0.480 e. The largest absolute Gasteiger partial charge is 0.480 e. The predicted octanol–water partition coefficient (Wildman–Crippen LogP) is 2.09. The highest BCUT2D eigenvalue weighted by Crippen LogP contribution is 2.13. The molecule has 0 aliphatic carbocycles. The Balaban J connectivity index is 2.70. The smallest absolute Gasteiger partial charge is 0.326 e. The lowest BCUT2D eigenvalue weighted by atomic mass is 10.3. The molecule has 1 atom stereocenters. The van der Waals surface area contributed by atoms with Gasteiger partial charge in [-0.3, -0.25) is 0 Å². The van der Waals surface area contributed by atoms with Gasteiger partial charge < -0.3 is 14.9 Å². The molecule has 1 aromatic rings. The number of nitrogens with zero attached hydrogens (tertiary/aromatic N) is 2. The molecular weight excluding hydrogens is 252 g/mol. The van der Waals surface area contributed by atoms with E-state index in [0.717, 1.165) is 4.88 Å². The lowest BCUT2D eigenvalue weighted by molar-refractivity contribution is -0.141. The summed E-state index contributed by atoms with van der Waals surface area (Å²) in [5.41, 5.74) is 0. The molecule has 1 aromatic heterocycles. The van der Waals surface area contributed by atoms with E-state index < -0.39 is 12.0 Å². The van der Waals surface area contributed by atoms with Crippen molar-refractivity contribution in [2.75, 3.05) is 13.6 Å². The number of rotatable bonds is 5. The zero-order valence-corrected chi connectivity index (χ0v) is 11.6. The van der Waals surface area contributed by atoms with E-state index in [-0.39, 0.29) is 6.03 Å². The van der Waals surface area contributed by atoms with Crippen molar-refractivity contribution in [3.8, 4) is 0 Å². The second kappa shape index (κ2) is 6.39. The fraction of sp³-hybridized carbons (Fsp3) is 0.500. The lowest BCUT2D eigenvalue weighted by Gasteiger charge is -2.29. The molecule has 0 spiro atoms. The van der Waals surface area contributed by atoms with Gasteiger partial charge in [0.25, 0.3) is 0 Å². The summed E-state index contributed by atoms with van der Waals surface area (Å²) in [5.74, 6) is -1.00. The van der Waals surface area contributed by atoms with E-state index in [1.807, 2.05) is 24.4 Å². The zero-order chi connectivity index (χ0) is 13.7. The summed E-state index contributed by atoms with van der Waals surface area (Å²) in [6.45, 7) is 4.45. The first-order valence-electron chi connectivity index (χ1n) is 5.74. The third kappa shape index (κ3) is 3.46. The monoisotopic (exact) mass is 270 g/mol. The summed E-state index contributed by atoms with van der Waals surface area (Å²) in [7, 11) is 1.51. The van der Waals surface area contributed by atoms with Crippen LogP contribution >= 0.6 is 11.3 Å². The van der Waals surface area contributed by atoms with Crippen LogP contribution in [0.1, 0.15) is 18.7 Å². The van der Waals surface area contributed by atoms with E-state index in [0.29, 0.717) is 13.1 Å². The van der Waals surface area contributed by atoms with Gasteiger partial charge in [0.2, 0.25) is 0 Å². The average molecular weight is 270 g/mol. The fourth-order valence-electron chi connectivity index (χ4n) is 1.46. The number of carboxylic acid groups (broad SMARTS) is 1. The number of hydrogen-bond donors (Lipinski definition) is 1. The number of aliphatic carboxylic acids is 1. The normalized spacial score (nSPS) is 11.9. The van der Waals surface area contributed by atoms with Crippen LogP contribution in [0.4, 0.5) is 4.79 Å². The van der Waals surface area contributed by atoms with Gasteiger partial charge in [0.1, 0.15) is 6.04 Å². The van der Waals surface area contributed by atoms with Gasteiger partial charge in [-0.1, -0.05) is 6.07 Å². The number of carbonyl (C=O) groups is 2. The van der Waals surface area contributed by atoms with Crippen molar-refractivity contribution in [3.05, 3.63) is 22.4 Å². The van der Waals surface area contributed by atoms with E-state index in [2.05, 4.69) is 0 Å². The van der Waals surface area contributed by atoms with Gasteiger partial charge >= 0.3 is 12.0 Å². The molecule has 1 N–H and O–H groups in total. The third-order valence-electron chi connectivity index (χ3n) is 2.82. The Morgan fingerprint density at radius 2 is 2.17 bits per heavy atom. The zero-order valence-electron chi connectivity index (χ0n) is 10.8. The van der Waals surface area contributed by atoms with Crippen LogP contribution < -0.4 is 0 Å². The Morgan fingerprint density at radius 1 is 1.50 bits per heavy atom. The minimum absolute atomic E-state index is 0.263. The summed E-state index contributed by atoms with van der Waals surface area (Å²) in [6, 6.07) is 2.80. The first-order chi connectivity index (χ1) is 8.47. The molecule has 1 heterocycles. The Kier molecular flexibility index (Phi) is 5.15. The SMILES string of the molecule is CCN(Cc1cccs1)C(=O)N(C)C(C)C(=O)O. The van der Waals surface area contributed by atoms with E-state index >= 15 is 0 Å². The Morgan fingerprint density at radius 3 is 2.61 bits per heavy atom. The van der Waals surface area contributed by atoms with Crippen molar-refractivity contribution in [1.29, 1.82) is 0 Å². The van der Waals surface area contributed by atoms with E-state index in [9.17, 15) is 9.59 Å². The summed E-state index contributed by atoms with van der Waals surface area (Å²) >= 11 is 1.58. The summed E-state index contributed by atoms with van der Waals surface area (Å²) in [4.78, 5) is 27.0. The summed E-state index contributed by atoms with van der Waals surface area (Å²) < 4.78 is 0. The van der Waals surface area contributed by atoms with E-state index in [4.69, 9.17) is 5.11 Å². The van der Waals surface area contributed by atoms with Crippen molar-refractivity contribution in [3.63, 3.8) is 0 Å². The molecule has 0 radical (unpaired) electrons. The van der Waals surface area contributed by atoms with Crippen LogP contribution in [0.5, 0.6) is 0 Å². The van der Waals surface area contributed by atoms with Crippen molar-refractivity contribution < 1.29 is 14.7 Å². The molecule has 6 heteroatoms. The molecule has 5 nitrogen and oxygen atoms in total. The van der Waals surface area contributed by atoms with Gasteiger partial charge in [0.05, 0.1) is 6.54 Å². The van der Waals surface area contributed by atoms with Gasteiger partial charge in [-0.2, -0.15) is 0 Å². The maximum absolute atomic E-state index is 12.1.